The first kappa shape index (κ1) is 21.2. The Balaban J connectivity index is 2.24. The van der Waals surface area contributed by atoms with E-state index in [1.165, 1.54) is 23.5 Å². The molecule has 6 heteroatoms. The lowest BCUT2D eigenvalue weighted by Gasteiger charge is -2.33. The fraction of sp³-hybridized carbons (Fsp3) is 0.619. The number of nitrogens with zero attached hydrogens (tertiary/aromatic N) is 1. The van der Waals surface area contributed by atoms with Gasteiger partial charge in [0.15, 0.2) is 0 Å². The summed E-state index contributed by atoms with van der Waals surface area (Å²) in [4.78, 5) is 27.5. The lowest BCUT2D eigenvalue weighted by atomic mass is 9.94. The molecule has 1 aromatic carbocycles. The van der Waals surface area contributed by atoms with Gasteiger partial charge in [-0.15, -0.1) is 0 Å². The second kappa shape index (κ2) is 10.3. The molecule has 0 radical (unpaired) electrons. The first-order valence-corrected chi connectivity index (χ1v) is 9.94. The van der Waals surface area contributed by atoms with E-state index < -0.39 is 11.9 Å². The predicted octanol–water partition coefficient (Wildman–Crippen LogP) is 2.69. The Morgan fingerprint density at radius 1 is 1.19 bits per heavy atom. The smallest absolute Gasteiger partial charge is 0.258 e. The molecule has 0 saturated heterocycles. The number of para-hydroxylation sites is 1. The molecule has 1 fully saturated rings. The first-order chi connectivity index (χ1) is 12.9. The number of rotatable bonds is 8. The summed E-state index contributed by atoms with van der Waals surface area (Å²) >= 11 is 0. The molecular weight excluding hydrogens is 344 g/mol. The summed E-state index contributed by atoms with van der Waals surface area (Å²) in [5.74, 6) is -0.536. The van der Waals surface area contributed by atoms with Crippen LogP contribution in [0.2, 0.25) is 0 Å². The number of phenols is 1. The SMILES string of the molecule is CC(C)CC(C(=O)NC1CCCCC1)N(CCO)C(=O)c1ccccc1O. The lowest BCUT2D eigenvalue weighted by molar-refractivity contribution is -0.127. The molecule has 1 saturated carbocycles. The van der Waals surface area contributed by atoms with Crippen LogP contribution in [0.4, 0.5) is 0 Å². The molecule has 2 rings (SSSR count). The molecule has 3 N–H and O–H groups in total. The molecule has 27 heavy (non-hydrogen) atoms. The van der Waals surface area contributed by atoms with Crippen molar-refractivity contribution in [2.75, 3.05) is 13.2 Å². The highest BCUT2D eigenvalue weighted by molar-refractivity contribution is 5.99. The van der Waals surface area contributed by atoms with Crippen LogP contribution >= 0.6 is 0 Å². The molecule has 0 aromatic heterocycles. The van der Waals surface area contributed by atoms with Crippen LogP contribution in [0.3, 0.4) is 0 Å². The average molecular weight is 376 g/mol. The third-order valence-corrected chi connectivity index (χ3v) is 5.06. The fourth-order valence-corrected chi connectivity index (χ4v) is 3.68. The van der Waals surface area contributed by atoms with Gasteiger partial charge in [-0.25, -0.2) is 0 Å². The molecule has 2 amide bonds. The lowest BCUT2D eigenvalue weighted by Crippen LogP contribution is -2.53. The maximum atomic E-state index is 13.1. The van der Waals surface area contributed by atoms with Crippen molar-refractivity contribution in [2.45, 2.75) is 64.5 Å². The number of hydrogen-bond acceptors (Lipinski definition) is 4. The summed E-state index contributed by atoms with van der Waals surface area (Å²) in [5.41, 5.74) is 0.144. The number of hydrogen-bond donors (Lipinski definition) is 3. The van der Waals surface area contributed by atoms with Crippen molar-refractivity contribution in [3.05, 3.63) is 29.8 Å². The van der Waals surface area contributed by atoms with E-state index in [1.54, 1.807) is 12.1 Å². The number of carbonyl (C=O) groups is 2. The minimum absolute atomic E-state index is 0.0443. The van der Waals surface area contributed by atoms with E-state index in [4.69, 9.17) is 0 Å². The van der Waals surface area contributed by atoms with Crippen LogP contribution in [-0.4, -0.2) is 52.2 Å². The molecule has 6 nitrogen and oxygen atoms in total. The summed E-state index contributed by atoms with van der Waals surface area (Å²) in [5, 5.41) is 22.7. The van der Waals surface area contributed by atoms with Crippen molar-refractivity contribution in [3.63, 3.8) is 0 Å². The zero-order valence-electron chi connectivity index (χ0n) is 16.4. The molecule has 1 unspecified atom stereocenters. The summed E-state index contributed by atoms with van der Waals surface area (Å²) in [6.45, 7) is 3.80. The Morgan fingerprint density at radius 3 is 2.44 bits per heavy atom. The van der Waals surface area contributed by atoms with Crippen molar-refractivity contribution >= 4 is 11.8 Å². The van der Waals surface area contributed by atoms with E-state index in [0.29, 0.717) is 6.42 Å². The van der Waals surface area contributed by atoms with Crippen molar-refractivity contribution in [1.82, 2.24) is 10.2 Å². The highest BCUT2D eigenvalue weighted by Crippen LogP contribution is 2.23. The van der Waals surface area contributed by atoms with Gasteiger partial charge in [0.2, 0.25) is 5.91 Å². The Bertz CT molecular complexity index is 626. The number of phenolic OH excluding ortho intramolecular Hbond substituents is 1. The number of aromatic hydroxyl groups is 1. The third kappa shape index (κ3) is 5.96. The summed E-state index contributed by atoms with van der Waals surface area (Å²) in [7, 11) is 0. The number of nitrogens with one attached hydrogen (secondary N) is 1. The van der Waals surface area contributed by atoms with Crippen LogP contribution in [0.15, 0.2) is 24.3 Å². The molecule has 0 heterocycles. The molecule has 1 aliphatic rings. The van der Waals surface area contributed by atoms with Crippen LogP contribution in [0.5, 0.6) is 5.75 Å². The minimum Gasteiger partial charge on any atom is -0.507 e. The number of amides is 2. The Morgan fingerprint density at radius 2 is 1.85 bits per heavy atom. The number of aliphatic hydroxyl groups is 1. The van der Waals surface area contributed by atoms with E-state index in [9.17, 15) is 19.8 Å². The topological polar surface area (TPSA) is 89.9 Å². The van der Waals surface area contributed by atoms with Gasteiger partial charge in [0.05, 0.1) is 12.2 Å². The highest BCUT2D eigenvalue weighted by atomic mass is 16.3. The summed E-state index contributed by atoms with van der Waals surface area (Å²) < 4.78 is 0. The van der Waals surface area contributed by atoms with Crippen LogP contribution in [0.1, 0.15) is 62.7 Å². The third-order valence-electron chi connectivity index (χ3n) is 5.06. The molecule has 150 valence electrons. The van der Waals surface area contributed by atoms with Gasteiger partial charge in [0.1, 0.15) is 11.8 Å². The predicted molar refractivity (Wildman–Crippen MR) is 104 cm³/mol. The second-order valence-corrected chi connectivity index (χ2v) is 7.73. The van der Waals surface area contributed by atoms with Crippen LogP contribution in [0, 0.1) is 5.92 Å². The number of carbonyl (C=O) groups excluding carboxylic acids is 2. The van der Waals surface area contributed by atoms with Gasteiger partial charge in [0.25, 0.3) is 5.91 Å². The minimum atomic E-state index is -0.675. The van der Waals surface area contributed by atoms with E-state index >= 15 is 0 Å². The molecule has 1 atom stereocenters. The molecular formula is C21H32N2O4. The van der Waals surface area contributed by atoms with Crippen molar-refractivity contribution < 1.29 is 19.8 Å². The number of aliphatic hydroxyl groups excluding tert-OH is 1. The van der Waals surface area contributed by atoms with E-state index in [2.05, 4.69) is 5.32 Å². The largest absolute Gasteiger partial charge is 0.507 e. The normalized spacial score (nSPS) is 16.1. The highest BCUT2D eigenvalue weighted by Gasteiger charge is 2.33. The Kier molecular flexibility index (Phi) is 8.10. The first-order valence-electron chi connectivity index (χ1n) is 9.94. The second-order valence-electron chi connectivity index (χ2n) is 7.73. The zero-order chi connectivity index (χ0) is 19.8. The van der Waals surface area contributed by atoms with Gasteiger partial charge in [-0.1, -0.05) is 45.2 Å². The van der Waals surface area contributed by atoms with E-state index in [-0.39, 0.29) is 42.3 Å². The average Bonchev–Trinajstić information content (AvgIpc) is 2.65. The van der Waals surface area contributed by atoms with Crippen molar-refractivity contribution in [2.24, 2.45) is 5.92 Å². The Labute approximate surface area is 161 Å². The van der Waals surface area contributed by atoms with Crippen LogP contribution < -0.4 is 5.32 Å². The van der Waals surface area contributed by atoms with Gasteiger partial charge >= 0.3 is 0 Å². The van der Waals surface area contributed by atoms with E-state index in [0.717, 1.165) is 25.7 Å². The van der Waals surface area contributed by atoms with Crippen LogP contribution in [-0.2, 0) is 4.79 Å². The standard InChI is InChI=1S/C21H32N2O4/c1-15(2)14-18(20(26)22-16-8-4-3-5-9-16)23(12-13-24)21(27)17-10-6-7-11-19(17)25/h6-7,10-11,15-16,18,24-25H,3-5,8-9,12-14H2,1-2H3,(H,22,26). The van der Waals surface area contributed by atoms with E-state index in [1.807, 2.05) is 13.8 Å². The maximum Gasteiger partial charge on any atom is 0.258 e. The van der Waals surface area contributed by atoms with Crippen molar-refractivity contribution in [1.29, 1.82) is 0 Å². The van der Waals surface area contributed by atoms with Gasteiger partial charge in [-0.3, -0.25) is 9.59 Å². The molecule has 0 spiro atoms. The quantitative estimate of drug-likeness (QED) is 0.651. The zero-order valence-corrected chi connectivity index (χ0v) is 16.4. The van der Waals surface area contributed by atoms with Crippen molar-refractivity contribution in [3.8, 4) is 5.75 Å². The molecule has 0 aliphatic heterocycles. The molecule has 1 aromatic rings. The monoisotopic (exact) mass is 376 g/mol. The van der Waals surface area contributed by atoms with Gasteiger partial charge in [0, 0.05) is 12.6 Å². The Hall–Kier alpha value is -2.08. The maximum absolute atomic E-state index is 13.1. The molecule has 1 aliphatic carbocycles. The van der Waals surface area contributed by atoms with Crippen LogP contribution in [0.25, 0.3) is 0 Å². The van der Waals surface area contributed by atoms with Gasteiger partial charge in [-0.05, 0) is 37.3 Å². The summed E-state index contributed by atoms with van der Waals surface area (Å²) in [6, 6.07) is 5.77. The van der Waals surface area contributed by atoms with Gasteiger partial charge < -0.3 is 20.4 Å². The summed E-state index contributed by atoms with van der Waals surface area (Å²) in [6.07, 6.45) is 5.84. The molecule has 0 bridgehead atoms. The number of benzene rings is 1. The fourth-order valence-electron chi connectivity index (χ4n) is 3.68. The van der Waals surface area contributed by atoms with Gasteiger partial charge in [-0.2, -0.15) is 0 Å².